The van der Waals surface area contributed by atoms with E-state index in [1.807, 2.05) is 37.3 Å². The molecule has 8 bridgehead atoms. The molecule has 2 aliphatic carbocycles. The van der Waals surface area contributed by atoms with Crippen molar-refractivity contribution >= 4 is 23.4 Å². The minimum atomic E-state index is -1.62. The molecule has 3 aromatic rings. The number of nitrogens with one attached hydrogen (secondary N) is 1. The third-order valence-electron chi connectivity index (χ3n) is 14.5. The highest BCUT2D eigenvalue weighted by atomic mass is 16.6. The first kappa shape index (κ1) is 44.6. The van der Waals surface area contributed by atoms with E-state index in [1.54, 1.807) is 25.1 Å². The summed E-state index contributed by atoms with van der Waals surface area (Å²) >= 11 is 0. The Morgan fingerprint density at radius 2 is 1.75 bits per heavy atom. The maximum absolute atomic E-state index is 15.3. The number of anilines is 1. The van der Waals surface area contributed by atoms with Crippen LogP contribution in [-0.4, -0.2) is 73.7 Å². The molecule has 0 saturated heterocycles. The van der Waals surface area contributed by atoms with Gasteiger partial charge in [0.25, 0.3) is 0 Å². The second-order valence-corrected chi connectivity index (χ2v) is 18.9. The van der Waals surface area contributed by atoms with Gasteiger partial charge < -0.3 is 40.3 Å². The first-order valence-electron chi connectivity index (χ1n) is 23.0. The normalized spacial score (nSPS) is 28.6. The molecular weight excluding hydrogens is 799 g/mol. The van der Waals surface area contributed by atoms with Crippen LogP contribution in [0.15, 0.2) is 66.2 Å². The van der Waals surface area contributed by atoms with Gasteiger partial charge in [-0.25, -0.2) is 4.79 Å². The molecule has 3 aliphatic heterocycles. The fourth-order valence-corrected chi connectivity index (χ4v) is 11.1. The van der Waals surface area contributed by atoms with Gasteiger partial charge in [-0.3, -0.25) is 9.59 Å². The van der Waals surface area contributed by atoms with Crippen molar-refractivity contribution in [2.45, 2.75) is 152 Å². The minimum Gasteiger partial charge on any atom is -0.508 e. The SMILES string of the molecule is CCCC1(O)C2CCC(=O)C(Cc3cccc(c3)C3(CCCCC3)C(O)C=C3CC(c4cc(CO)cc(NCC(C)O)c4)C#CC4CC(=O)Oc5cc(O)c(cc54)CC1OC3=O)C2. The van der Waals surface area contributed by atoms with Crippen LogP contribution in [0.5, 0.6) is 11.5 Å². The summed E-state index contributed by atoms with van der Waals surface area (Å²) in [5, 5.41) is 61.3. The molecule has 0 radical (unpaired) electrons. The van der Waals surface area contributed by atoms with Crippen molar-refractivity contribution < 1.29 is 49.4 Å². The number of phenols is 1. The number of phenolic OH excluding ortho intramolecular Hbond substituents is 1. The highest BCUT2D eigenvalue weighted by Crippen LogP contribution is 2.47. The Balaban J connectivity index is 1.37. The molecule has 5 aliphatic rings. The molecular formula is C52H61NO10. The average Bonchev–Trinajstić information content (AvgIpc) is 3.27. The zero-order valence-electron chi connectivity index (χ0n) is 36.4. The molecule has 0 aromatic heterocycles. The first-order valence-corrected chi connectivity index (χ1v) is 23.0. The maximum Gasteiger partial charge on any atom is 0.334 e. The molecule has 1 spiro atoms. The summed E-state index contributed by atoms with van der Waals surface area (Å²) in [6, 6.07) is 16.8. The summed E-state index contributed by atoms with van der Waals surface area (Å²) in [6.45, 7) is 3.57. The third kappa shape index (κ3) is 9.33. The number of fused-ring (bicyclic) bond motifs is 9. The highest BCUT2D eigenvalue weighted by molar-refractivity contribution is 5.89. The zero-order chi connectivity index (χ0) is 44.5. The standard InChI is InChI=1S/C52H61NO10/c1-3-14-52(61)41-12-13-44(56)37(22-41)17-32-8-7-9-40(19-32)51(15-5-4-6-16-51)47(58)25-39-21-34(36-18-33(30-54)20-42(23-36)53-29-31(2)55)10-11-35-27-49(59)62-46-28-45(57)38(24-43(35)46)26-48(52)63-50(39)60/h7-9,18-20,23-25,28,31,34-35,37,41,47-48,53-55,57-58,61H,3-6,12-17,21-22,26-27,29-30H2,1-2H3. The molecule has 11 nitrogen and oxygen atoms in total. The van der Waals surface area contributed by atoms with Crippen molar-refractivity contribution in [3.05, 3.63) is 99.6 Å². The number of benzene rings is 3. The molecule has 8 unspecified atom stereocenters. The lowest BCUT2D eigenvalue weighted by atomic mass is 9.64. The topological polar surface area (TPSA) is 183 Å². The Morgan fingerprint density at radius 1 is 0.952 bits per heavy atom. The van der Waals surface area contributed by atoms with Crippen LogP contribution in [0.25, 0.3) is 0 Å². The Labute approximate surface area is 369 Å². The van der Waals surface area contributed by atoms with Gasteiger partial charge in [0.1, 0.15) is 29.0 Å². The third-order valence-corrected chi connectivity index (χ3v) is 14.5. The number of Topliss-reactive ketones (excluding diaryl/α,β-unsaturated/α-hetero) is 1. The van der Waals surface area contributed by atoms with E-state index >= 15 is 4.79 Å². The van der Waals surface area contributed by atoms with Gasteiger partial charge in [-0.2, -0.15) is 0 Å². The zero-order valence-corrected chi connectivity index (χ0v) is 36.4. The Morgan fingerprint density at radius 3 is 2.51 bits per heavy atom. The lowest BCUT2D eigenvalue weighted by Gasteiger charge is -2.45. The van der Waals surface area contributed by atoms with Gasteiger partial charge in [0, 0.05) is 59.5 Å². The Kier molecular flexibility index (Phi) is 13.2. The minimum absolute atomic E-state index is 0.0322. The summed E-state index contributed by atoms with van der Waals surface area (Å²) in [6.07, 6.45) is 4.93. The van der Waals surface area contributed by atoms with E-state index < -0.39 is 59.0 Å². The number of hydrogen-bond acceptors (Lipinski definition) is 11. The Hall–Kier alpha value is -4.99. The second kappa shape index (κ2) is 18.6. The number of hydrogen-bond donors (Lipinski definition) is 6. The van der Waals surface area contributed by atoms with Crippen molar-refractivity contribution in [2.75, 3.05) is 11.9 Å². The van der Waals surface area contributed by atoms with E-state index in [-0.39, 0.29) is 74.0 Å². The number of carbonyl (C=O) groups is 3. The predicted octanol–water partition coefficient (Wildman–Crippen LogP) is 6.98. The van der Waals surface area contributed by atoms with Crippen molar-refractivity contribution in [2.24, 2.45) is 11.8 Å². The van der Waals surface area contributed by atoms with Gasteiger partial charge in [0.05, 0.1) is 31.2 Å². The summed E-state index contributed by atoms with van der Waals surface area (Å²) in [5.41, 5.74) is 2.55. The molecule has 3 aromatic carbocycles. The molecule has 2 saturated carbocycles. The quantitative estimate of drug-likeness (QED) is 0.0820. The van der Waals surface area contributed by atoms with Crippen LogP contribution in [0.1, 0.15) is 136 Å². The highest BCUT2D eigenvalue weighted by Gasteiger charge is 2.50. The largest absolute Gasteiger partial charge is 0.508 e. The summed E-state index contributed by atoms with van der Waals surface area (Å²) < 4.78 is 12.3. The maximum atomic E-state index is 15.3. The lowest BCUT2D eigenvalue weighted by Crippen LogP contribution is -2.54. The van der Waals surface area contributed by atoms with Crippen molar-refractivity contribution in [3.63, 3.8) is 0 Å². The first-order chi connectivity index (χ1) is 30.3. The number of ketones is 1. The molecule has 334 valence electrons. The molecule has 8 atom stereocenters. The number of carbonyl (C=O) groups excluding carboxylic acids is 3. The number of esters is 2. The van der Waals surface area contributed by atoms with E-state index in [1.165, 1.54) is 6.07 Å². The Bertz CT molecular complexity index is 2320. The predicted molar refractivity (Wildman–Crippen MR) is 237 cm³/mol. The lowest BCUT2D eigenvalue weighted by molar-refractivity contribution is -0.176. The molecule has 11 heteroatoms. The van der Waals surface area contributed by atoms with E-state index in [0.29, 0.717) is 66.5 Å². The van der Waals surface area contributed by atoms with Crippen LogP contribution in [-0.2, 0) is 44.0 Å². The fraction of sp³-hybridized carbons (Fsp3) is 0.519. The van der Waals surface area contributed by atoms with Gasteiger partial charge >= 0.3 is 11.9 Å². The molecule has 3 heterocycles. The molecule has 0 amide bonds. The molecule has 6 N–H and O–H groups in total. The van der Waals surface area contributed by atoms with Crippen molar-refractivity contribution in [1.82, 2.24) is 0 Å². The molecule has 2 fully saturated rings. The van der Waals surface area contributed by atoms with Gasteiger partial charge in [-0.15, -0.1) is 0 Å². The van der Waals surface area contributed by atoms with Crippen LogP contribution < -0.4 is 10.1 Å². The smallest absolute Gasteiger partial charge is 0.334 e. The van der Waals surface area contributed by atoms with Crippen molar-refractivity contribution in [1.29, 1.82) is 0 Å². The van der Waals surface area contributed by atoms with Gasteiger partial charge in [0.2, 0.25) is 0 Å². The monoisotopic (exact) mass is 859 g/mol. The van der Waals surface area contributed by atoms with Crippen molar-refractivity contribution in [3.8, 4) is 23.3 Å². The number of aliphatic hydroxyl groups excluding tert-OH is 3. The number of rotatable bonds is 7. The summed E-state index contributed by atoms with van der Waals surface area (Å²) in [7, 11) is 0. The van der Waals surface area contributed by atoms with E-state index in [4.69, 9.17) is 9.47 Å². The van der Waals surface area contributed by atoms with Gasteiger partial charge in [-0.05, 0) is 110 Å². The average molecular weight is 860 g/mol. The molecule has 8 rings (SSSR count). The van der Waals surface area contributed by atoms with Crippen LogP contribution >= 0.6 is 0 Å². The van der Waals surface area contributed by atoms with E-state index in [0.717, 1.165) is 30.4 Å². The summed E-state index contributed by atoms with van der Waals surface area (Å²) in [5.74, 6) is 3.44. The second-order valence-electron chi connectivity index (χ2n) is 18.9. The van der Waals surface area contributed by atoms with Gasteiger partial charge in [-0.1, -0.05) is 74.8 Å². The van der Waals surface area contributed by atoms with Crippen LogP contribution in [0, 0.1) is 23.7 Å². The van der Waals surface area contributed by atoms with Crippen LogP contribution in [0.4, 0.5) is 5.69 Å². The van der Waals surface area contributed by atoms with Gasteiger partial charge in [0.15, 0.2) is 0 Å². The number of ether oxygens (including phenoxy) is 2. The molecule has 63 heavy (non-hydrogen) atoms. The number of aliphatic hydroxyl groups is 4. The summed E-state index contributed by atoms with van der Waals surface area (Å²) in [4.78, 5) is 42.1. The van der Waals surface area contributed by atoms with Crippen LogP contribution in [0.2, 0.25) is 0 Å². The fourth-order valence-electron chi connectivity index (χ4n) is 11.1. The number of aromatic hydroxyl groups is 1. The van der Waals surface area contributed by atoms with E-state index in [2.05, 4.69) is 23.2 Å². The van der Waals surface area contributed by atoms with Crippen LogP contribution in [0.3, 0.4) is 0 Å². The van der Waals surface area contributed by atoms with E-state index in [9.17, 15) is 35.1 Å².